The molecule has 1 heterocycles. The number of thiazole rings is 1. The summed E-state index contributed by atoms with van der Waals surface area (Å²) in [5.41, 5.74) is 3.44. The van der Waals surface area contributed by atoms with E-state index in [2.05, 4.69) is 4.99 Å². The van der Waals surface area contributed by atoms with E-state index >= 15 is 0 Å². The zero-order chi connectivity index (χ0) is 18.0. The molecule has 1 amide bonds. The predicted molar refractivity (Wildman–Crippen MR) is 97.6 cm³/mol. The van der Waals surface area contributed by atoms with Crippen molar-refractivity contribution >= 4 is 33.4 Å². The van der Waals surface area contributed by atoms with Crippen LogP contribution in [0.25, 0.3) is 10.2 Å². The molecule has 1 aromatic heterocycles. The van der Waals surface area contributed by atoms with Crippen molar-refractivity contribution in [2.45, 2.75) is 20.4 Å². The highest BCUT2D eigenvalue weighted by atomic mass is 32.1. The molecule has 0 aliphatic rings. The maximum Gasteiger partial charge on any atom is 0.325 e. The normalized spacial score (nSPS) is 11.7. The molecule has 0 aliphatic carbocycles. The monoisotopic (exact) mass is 354 g/mol. The van der Waals surface area contributed by atoms with E-state index in [9.17, 15) is 9.59 Å². The van der Waals surface area contributed by atoms with Crippen molar-refractivity contribution in [1.82, 2.24) is 4.57 Å². The van der Waals surface area contributed by atoms with Crippen LogP contribution in [0.1, 0.15) is 21.5 Å². The molecule has 2 aromatic carbocycles. The molecule has 0 unspecified atom stereocenters. The average Bonchev–Trinajstić information content (AvgIpc) is 2.93. The van der Waals surface area contributed by atoms with E-state index in [1.54, 1.807) is 16.7 Å². The Morgan fingerprint density at radius 3 is 2.64 bits per heavy atom. The molecule has 3 aromatic rings. The maximum atomic E-state index is 12.5. The number of ether oxygens (including phenoxy) is 1. The molecule has 0 saturated carbocycles. The lowest BCUT2D eigenvalue weighted by molar-refractivity contribution is -0.141. The number of esters is 1. The van der Waals surface area contributed by atoms with Crippen molar-refractivity contribution in [3.05, 3.63) is 64.0 Å². The number of amides is 1. The first-order valence-electron chi connectivity index (χ1n) is 7.81. The van der Waals surface area contributed by atoms with E-state index in [0.717, 1.165) is 21.3 Å². The summed E-state index contributed by atoms with van der Waals surface area (Å²) < 4.78 is 7.51. The zero-order valence-corrected chi connectivity index (χ0v) is 15.1. The number of rotatable bonds is 3. The number of benzene rings is 2. The Balaban J connectivity index is 2.17. The van der Waals surface area contributed by atoms with Crippen molar-refractivity contribution in [3.63, 3.8) is 0 Å². The number of methoxy groups -OCH3 is 1. The maximum absolute atomic E-state index is 12.5. The van der Waals surface area contributed by atoms with Crippen LogP contribution in [-0.2, 0) is 16.1 Å². The molecule has 6 heteroatoms. The molecule has 3 rings (SSSR count). The van der Waals surface area contributed by atoms with Gasteiger partial charge in [0.25, 0.3) is 5.91 Å². The number of nitrogens with zero attached hydrogens (tertiary/aromatic N) is 2. The van der Waals surface area contributed by atoms with Crippen LogP contribution in [0.2, 0.25) is 0 Å². The van der Waals surface area contributed by atoms with E-state index < -0.39 is 0 Å². The van der Waals surface area contributed by atoms with Crippen molar-refractivity contribution in [3.8, 4) is 0 Å². The van der Waals surface area contributed by atoms with Crippen LogP contribution in [-0.4, -0.2) is 23.6 Å². The second-order valence-electron chi connectivity index (χ2n) is 5.76. The number of aryl methyl sites for hydroxylation is 2. The van der Waals surface area contributed by atoms with Gasteiger partial charge in [-0.2, -0.15) is 4.99 Å². The molecule has 25 heavy (non-hydrogen) atoms. The number of carbonyl (C=O) groups excluding carboxylic acids is 2. The Labute approximate surface area is 149 Å². The standard InChI is InChI=1S/C19H18N2O3S/c1-12-6-4-8-14(10-12)18(23)20-19-21(11-16(22)24-3)17-13(2)7-5-9-15(17)25-19/h4-10H,11H2,1-3H3. The number of hydrogen-bond acceptors (Lipinski definition) is 4. The Hall–Kier alpha value is -2.73. The van der Waals surface area contributed by atoms with Crippen LogP contribution < -0.4 is 4.80 Å². The molecule has 0 saturated heterocycles. The topological polar surface area (TPSA) is 60.7 Å². The van der Waals surface area contributed by atoms with Gasteiger partial charge in [-0.15, -0.1) is 0 Å². The van der Waals surface area contributed by atoms with Gasteiger partial charge in [-0.05, 0) is 37.6 Å². The molecule has 0 radical (unpaired) electrons. The van der Waals surface area contributed by atoms with Crippen LogP contribution in [0, 0.1) is 13.8 Å². The van der Waals surface area contributed by atoms with Gasteiger partial charge >= 0.3 is 5.97 Å². The molecule has 0 N–H and O–H groups in total. The van der Waals surface area contributed by atoms with Crippen LogP contribution in [0.4, 0.5) is 0 Å². The van der Waals surface area contributed by atoms with Gasteiger partial charge < -0.3 is 9.30 Å². The lowest BCUT2D eigenvalue weighted by Crippen LogP contribution is -2.22. The fourth-order valence-corrected chi connectivity index (χ4v) is 3.77. The van der Waals surface area contributed by atoms with Crippen LogP contribution in [0.3, 0.4) is 0 Å². The minimum atomic E-state index is -0.382. The van der Waals surface area contributed by atoms with Crippen molar-refractivity contribution in [1.29, 1.82) is 0 Å². The first-order chi connectivity index (χ1) is 12.0. The van der Waals surface area contributed by atoms with Gasteiger partial charge in [-0.25, -0.2) is 0 Å². The molecule has 0 spiro atoms. The molecule has 0 atom stereocenters. The Morgan fingerprint density at radius 2 is 1.92 bits per heavy atom. The van der Waals surface area contributed by atoms with Gasteiger partial charge in [-0.3, -0.25) is 9.59 Å². The highest BCUT2D eigenvalue weighted by molar-refractivity contribution is 7.16. The van der Waals surface area contributed by atoms with Crippen molar-refractivity contribution in [2.75, 3.05) is 7.11 Å². The Kier molecular flexibility index (Phi) is 4.81. The minimum Gasteiger partial charge on any atom is -0.468 e. The van der Waals surface area contributed by atoms with Crippen molar-refractivity contribution in [2.24, 2.45) is 4.99 Å². The smallest absolute Gasteiger partial charge is 0.325 e. The van der Waals surface area contributed by atoms with E-state index in [4.69, 9.17) is 4.74 Å². The summed E-state index contributed by atoms with van der Waals surface area (Å²) in [6, 6.07) is 13.2. The third kappa shape index (κ3) is 3.53. The van der Waals surface area contributed by atoms with Crippen LogP contribution in [0.15, 0.2) is 47.5 Å². The first kappa shape index (κ1) is 17.1. The van der Waals surface area contributed by atoms with E-state index in [1.807, 2.05) is 44.2 Å². The summed E-state index contributed by atoms with van der Waals surface area (Å²) in [5, 5.41) is 0. The van der Waals surface area contributed by atoms with Gasteiger partial charge in [0.2, 0.25) is 0 Å². The summed E-state index contributed by atoms with van der Waals surface area (Å²) in [6.45, 7) is 3.91. The molecule has 0 fully saturated rings. The minimum absolute atomic E-state index is 0.0152. The largest absolute Gasteiger partial charge is 0.468 e. The SMILES string of the molecule is COC(=O)Cn1c(=NC(=O)c2cccc(C)c2)sc2cccc(C)c21. The fourth-order valence-electron chi connectivity index (χ4n) is 2.66. The lowest BCUT2D eigenvalue weighted by Gasteiger charge is -2.05. The quantitative estimate of drug-likeness (QED) is 0.679. The summed E-state index contributed by atoms with van der Waals surface area (Å²) in [4.78, 5) is 29.1. The Bertz CT molecular complexity index is 1030. The number of para-hydroxylation sites is 1. The highest BCUT2D eigenvalue weighted by Crippen LogP contribution is 2.21. The molecule has 5 nitrogen and oxygen atoms in total. The summed E-state index contributed by atoms with van der Waals surface area (Å²) >= 11 is 1.39. The lowest BCUT2D eigenvalue weighted by atomic mass is 10.1. The first-order valence-corrected chi connectivity index (χ1v) is 8.62. The number of carbonyl (C=O) groups is 2. The van der Waals surface area contributed by atoms with Gasteiger partial charge in [0, 0.05) is 5.56 Å². The van der Waals surface area contributed by atoms with Gasteiger partial charge in [0.1, 0.15) is 6.54 Å². The van der Waals surface area contributed by atoms with Crippen LogP contribution in [0.5, 0.6) is 0 Å². The second-order valence-corrected chi connectivity index (χ2v) is 6.76. The van der Waals surface area contributed by atoms with E-state index in [-0.39, 0.29) is 18.4 Å². The highest BCUT2D eigenvalue weighted by Gasteiger charge is 2.13. The molecule has 0 aliphatic heterocycles. The summed E-state index contributed by atoms with van der Waals surface area (Å²) in [5.74, 6) is -0.709. The van der Waals surface area contributed by atoms with Gasteiger partial charge in [0.05, 0.1) is 17.3 Å². The number of fused-ring (bicyclic) bond motifs is 1. The van der Waals surface area contributed by atoms with E-state index in [0.29, 0.717) is 10.4 Å². The summed E-state index contributed by atoms with van der Waals surface area (Å²) in [6.07, 6.45) is 0. The zero-order valence-electron chi connectivity index (χ0n) is 14.3. The molecular weight excluding hydrogens is 336 g/mol. The second kappa shape index (κ2) is 7.03. The molecule has 128 valence electrons. The van der Waals surface area contributed by atoms with E-state index in [1.165, 1.54) is 18.4 Å². The average molecular weight is 354 g/mol. The Morgan fingerprint density at radius 1 is 1.16 bits per heavy atom. The summed E-state index contributed by atoms with van der Waals surface area (Å²) in [7, 11) is 1.35. The van der Waals surface area contributed by atoms with Crippen molar-refractivity contribution < 1.29 is 14.3 Å². The van der Waals surface area contributed by atoms with Gasteiger partial charge in [0.15, 0.2) is 4.80 Å². The van der Waals surface area contributed by atoms with Crippen LogP contribution >= 0.6 is 11.3 Å². The molecular formula is C19H18N2O3S. The third-order valence-electron chi connectivity index (χ3n) is 3.88. The number of hydrogen-bond donors (Lipinski definition) is 0. The third-order valence-corrected chi connectivity index (χ3v) is 4.92. The fraction of sp³-hybridized carbons (Fsp3) is 0.211. The molecule has 0 bridgehead atoms. The van der Waals surface area contributed by atoms with Gasteiger partial charge in [-0.1, -0.05) is 41.2 Å². The number of aromatic nitrogens is 1. The predicted octanol–water partition coefficient (Wildman–Crippen LogP) is 3.23.